The fraction of sp³-hybridized carbons (Fsp3) is 0.208. The molecule has 0 bridgehead atoms. The molecular weight excluding hydrogens is 839 g/mol. The fourth-order valence-corrected chi connectivity index (χ4v) is 8.61. The highest BCUT2D eigenvalue weighted by Crippen LogP contribution is 2.25. The van der Waals surface area contributed by atoms with Crippen molar-refractivity contribution in [2.45, 2.75) is 63.2 Å². The highest BCUT2D eigenvalue weighted by Gasteiger charge is 2.22. The van der Waals surface area contributed by atoms with Crippen LogP contribution in [0.15, 0.2) is 144 Å². The van der Waals surface area contributed by atoms with E-state index in [1.165, 1.54) is 41.6 Å². The summed E-state index contributed by atoms with van der Waals surface area (Å²) in [4.78, 5) is 43.2. The number of pyridine rings is 2. The lowest BCUT2D eigenvalue weighted by Gasteiger charge is -2.14. The second-order valence-electron chi connectivity index (χ2n) is 15.1. The lowest BCUT2D eigenvalue weighted by molar-refractivity contribution is -0.120. The molecule has 2 amide bonds. The third kappa shape index (κ3) is 11.7. The van der Waals surface area contributed by atoms with Crippen LogP contribution in [-0.4, -0.2) is 56.6 Å². The van der Waals surface area contributed by atoms with Crippen molar-refractivity contribution < 1.29 is 22.6 Å². The van der Waals surface area contributed by atoms with E-state index in [0.29, 0.717) is 29.4 Å². The van der Waals surface area contributed by atoms with Crippen molar-refractivity contribution >= 4 is 56.7 Å². The Kier molecular flexibility index (Phi) is 14.5. The number of rotatable bonds is 14. The number of nitrogens with zero attached hydrogens (tertiary/aromatic N) is 6. The molecule has 0 aliphatic heterocycles. The fourth-order valence-electron chi connectivity index (χ4n) is 6.75. The van der Waals surface area contributed by atoms with Gasteiger partial charge in [0, 0.05) is 12.4 Å². The van der Waals surface area contributed by atoms with Crippen molar-refractivity contribution in [1.29, 1.82) is 0 Å². The largest absolute Gasteiger partial charge is 0.349 e. The summed E-state index contributed by atoms with van der Waals surface area (Å²) in [6.07, 6.45) is 3.42. The van der Waals surface area contributed by atoms with Crippen LogP contribution in [0.5, 0.6) is 0 Å². The highest BCUT2D eigenvalue weighted by molar-refractivity contribution is 7.99. The van der Waals surface area contributed by atoms with E-state index in [1.807, 2.05) is 60.9 Å². The van der Waals surface area contributed by atoms with E-state index in [-0.39, 0.29) is 47.0 Å². The lowest BCUT2D eigenvalue weighted by Crippen LogP contribution is -2.31. The van der Waals surface area contributed by atoms with Gasteiger partial charge in [0.2, 0.25) is 17.0 Å². The Hall–Kier alpha value is -6.58. The molecule has 0 aliphatic rings. The predicted molar refractivity (Wildman–Crippen MR) is 244 cm³/mol. The molecule has 4 aromatic carbocycles. The van der Waals surface area contributed by atoms with E-state index in [1.54, 1.807) is 54.2 Å². The zero-order valence-electron chi connectivity index (χ0n) is 35.2. The summed E-state index contributed by atoms with van der Waals surface area (Å²) >= 11 is 1.38. The molecule has 4 heterocycles. The van der Waals surface area contributed by atoms with Crippen LogP contribution >= 0.6 is 11.8 Å². The van der Waals surface area contributed by atoms with Crippen LogP contribution in [0.4, 0.5) is 8.78 Å². The predicted octanol–water partition coefficient (Wildman–Crippen LogP) is 8.81. The molecule has 322 valence electrons. The van der Waals surface area contributed by atoms with Gasteiger partial charge in [-0.1, -0.05) is 95.7 Å². The molecule has 11 nitrogen and oxygen atoms in total. The molecule has 0 fully saturated rings. The number of imidazole rings is 2. The van der Waals surface area contributed by atoms with Crippen molar-refractivity contribution in [2.24, 2.45) is 0 Å². The van der Waals surface area contributed by atoms with E-state index < -0.39 is 10.8 Å². The molecule has 2 N–H and O–H groups in total. The average molecular weight is 885 g/mol. The van der Waals surface area contributed by atoms with Gasteiger partial charge in [0.05, 0.1) is 41.7 Å². The molecule has 0 saturated heterocycles. The standard InChI is InChI=1S/C24H23FN4O2S.C24H23FN4OS/c1-16-5-7-18(8-6-16)14-29-23-21(4-3-13-26-23)28-24(29)32(31)15-22(30)27-17(2)19-9-11-20(25)12-10-19;1-16-5-7-18(8-6-16)14-29-23-21(4-3-13-26-23)28-24(29)31-15-22(30)27-17(2)19-9-11-20(25)12-10-19/h3-13,17H,14-15H2,1-2H3,(H,27,30);3-13,17H,14-15H2,1-2H3,(H,27,30)/t17-,32?;17-/m00/s1. The SMILES string of the molecule is Cc1ccc(Cn2c(S(=O)CC(=O)N[C@@H](C)c3ccc(F)cc3)nc3cccnc32)cc1.Cc1ccc(Cn2c(SCC(=O)N[C@@H](C)c3ccc(F)cc3)nc3cccnc32)cc1. The summed E-state index contributed by atoms with van der Waals surface area (Å²) in [6, 6.07) is 35.3. The molecule has 3 atom stereocenters. The zero-order valence-corrected chi connectivity index (χ0v) is 36.8. The number of carbonyl (C=O) groups is 2. The van der Waals surface area contributed by atoms with Gasteiger partial charge in [-0.2, -0.15) is 0 Å². The molecule has 4 aromatic heterocycles. The molecular formula is C48H46F2N8O3S2. The molecule has 0 spiro atoms. The van der Waals surface area contributed by atoms with Gasteiger partial charge in [-0.25, -0.2) is 28.7 Å². The molecule has 8 rings (SSSR count). The quantitative estimate of drug-likeness (QED) is 0.104. The number of thioether (sulfide) groups is 1. The Morgan fingerprint density at radius 1 is 0.635 bits per heavy atom. The summed E-state index contributed by atoms with van der Waals surface area (Å²) in [5.74, 6) is -1.12. The Morgan fingerprint density at radius 2 is 1.10 bits per heavy atom. The van der Waals surface area contributed by atoms with E-state index in [0.717, 1.165) is 44.1 Å². The minimum absolute atomic E-state index is 0.108. The number of amides is 2. The summed E-state index contributed by atoms with van der Waals surface area (Å²) in [6.45, 7) is 8.83. The maximum atomic E-state index is 13.1. The molecule has 0 aliphatic carbocycles. The van der Waals surface area contributed by atoms with Crippen LogP contribution in [-0.2, 0) is 33.5 Å². The van der Waals surface area contributed by atoms with Crippen LogP contribution < -0.4 is 10.6 Å². The number of aromatic nitrogens is 6. The number of hydrogen-bond donors (Lipinski definition) is 2. The average Bonchev–Trinajstić information content (AvgIpc) is 3.82. The number of hydrogen-bond acceptors (Lipinski definition) is 8. The Balaban J connectivity index is 0.000000189. The molecule has 8 aromatic rings. The summed E-state index contributed by atoms with van der Waals surface area (Å²) in [5, 5.41) is 6.84. The van der Waals surface area contributed by atoms with Crippen LogP contribution in [0, 0.1) is 25.5 Å². The minimum Gasteiger partial charge on any atom is -0.349 e. The van der Waals surface area contributed by atoms with Crippen molar-refractivity contribution in [3.8, 4) is 0 Å². The van der Waals surface area contributed by atoms with Crippen LogP contribution in [0.1, 0.15) is 59.3 Å². The number of halogens is 2. The maximum absolute atomic E-state index is 13.1. The van der Waals surface area contributed by atoms with Gasteiger partial charge >= 0.3 is 0 Å². The summed E-state index contributed by atoms with van der Waals surface area (Å²) in [7, 11) is -1.67. The van der Waals surface area contributed by atoms with Gasteiger partial charge in [-0.3, -0.25) is 22.9 Å². The Morgan fingerprint density at radius 3 is 1.62 bits per heavy atom. The van der Waals surface area contributed by atoms with Crippen molar-refractivity contribution in [3.63, 3.8) is 0 Å². The van der Waals surface area contributed by atoms with Gasteiger partial charge in [-0.15, -0.1) is 0 Å². The number of benzene rings is 4. The topological polar surface area (TPSA) is 137 Å². The van der Waals surface area contributed by atoms with E-state index in [9.17, 15) is 22.6 Å². The second-order valence-corrected chi connectivity index (χ2v) is 17.4. The lowest BCUT2D eigenvalue weighted by atomic mass is 10.1. The van der Waals surface area contributed by atoms with E-state index in [2.05, 4.69) is 61.8 Å². The molecule has 0 saturated carbocycles. The molecule has 0 radical (unpaired) electrons. The van der Waals surface area contributed by atoms with Crippen molar-refractivity contribution in [1.82, 2.24) is 39.7 Å². The number of aryl methyl sites for hydroxylation is 2. The highest BCUT2D eigenvalue weighted by atomic mass is 32.2. The second kappa shape index (κ2) is 20.5. The van der Waals surface area contributed by atoms with Crippen molar-refractivity contribution in [2.75, 3.05) is 11.5 Å². The number of carbonyl (C=O) groups excluding carboxylic acids is 2. The van der Waals surface area contributed by atoms with Crippen molar-refractivity contribution in [3.05, 3.63) is 179 Å². The van der Waals surface area contributed by atoms with Crippen LogP contribution in [0.2, 0.25) is 0 Å². The summed E-state index contributed by atoms with van der Waals surface area (Å²) < 4.78 is 43.2. The third-order valence-corrected chi connectivity index (χ3v) is 12.4. The van der Waals surface area contributed by atoms with Gasteiger partial charge in [0.15, 0.2) is 16.5 Å². The summed E-state index contributed by atoms with van der Waals surface area (Å²) in [5.41, 5.74) is 9.00. The third-order valence-electron chi connectivity index (χ3n) is 10.2. The molecule has 1 unspecified atom stereocenters. The monoisotopic (exact) mass is 884 g/mol. The Bertz CT molecular complexity index is 2850. The van der Waals surface area contributed by atoms with Crippen LogP contribution in [0.3, 0.4) is 0 Å². The first kappa shape index (κ1) is 44.5. The zero-order chi connectivity index (χ0) is 44.5. The smallest absolute Gasteiger partial charge is 0.233 e. The van der Waals surface area contributed by atoms with Gasteiger partial charge in [0.25, 0.3) is 0 Å². The first-order valence-corrected chi connectivity index (χ1v) is 22.5. The van der Waals surface area contributed by atoms with Crippen LogP contribution in [0.25, 0.3) is 22.3 Å². The number of nitrogens with one attached hydrogen (secondary N) is 2. The maximum Gasteiger partial charge on any atom is 0.233 e. The van der Waals surface area contributed by atoms with E-state index >= 15 is 0 Å². The first-order chi connectivity index (χ1) is 30.4. The molecule has 15 heteroatoms. The van der Waals surface area contributed by atoms with E-state index in [4.69, 9.17) is 0 Å². The van der Waals surface area contributed by atoms with Gasteiger partial charge in [0.1, 0.15) is 28.4 Å². The molecule has 63 heavy (non-hydrogen) atoms. The number of fused-ring (bicyclic) bond motifs is 2. The van der Waals surface area contributed by atoms with Gasteiger partial charge in [-0.05, 0) is 98.5 Å². The van der Waals surface area contributed by atoms with Gasteiger partial charge < -0.3 is 10.6 Å². The first-order valence-electron chi connectivity index (χ1n) is 20.2. The normalized spacial score (nSPS) is 12.6. The minimum atomic E-state index is -1.67. The Labute approximate surface area is 370 Å².